The highest BCUT2D eigenvalue weighted by molar-refractivity contribution is 7.99. The highest BCUT2D eigenvalue weighted by atomic mass is 32.2. The Kier molecular flexibility index (Phi) is 6.14. The lowest BCUT2D eigenvalue weighted by molar-refractivity contribution is -0.128. The van der Waals surface area contributed by atoms with Crippen molar-refractivity contribution >= 4 is 17.7 Å². The van der Waals surface area contributed by atoms with E-state index in [-0.39, 0.29) is 5.91 Å². The standard InChI is InChI=1S/C11H21N5OS/c1-4-16-9(8-12)13-14-11(16)18-7-5-6-10(17)15(2)3/h4-8,12H2,1-3H3. The van der Waals surface area contributed by atoms with E-state index in [2.05, 4.69) is 10.2 Å². The molecule has 1 rings (SSSR count). The maximum Gasteiger partial charge on any atom is 0.222 e. The van der Waals surface area contributed by atoms with E-state index < -0.39 is 0 Å². The monoisotopic (exact) mass is 271 g/mol. The van der Waals surface area contributed by atoms with Gasteiger partial charge < -0.3 is 15.2 Å². The lowest BCUT2D eigenvalue weighted by atomic mass is 10.3. The molecule has 102 valence electrons. The second kappa shape index (κ2) is 7.38. The van der Waals surface area contributed by atoms with E-state index >= 15 is 0 Å². The van der Waals surface area contributed by atoms with Crippen molar-refractivity contribution in [2.75, 3.05) is 19.8 Å². The summed E-state index contributed by atoms with van der Waals surface area (Å²) in [4.78, 5) is 13.0. The molecule has 0 radical (unpaired) electrons. The van der Waals surface area contributed by atoms with Gasteiger partial charge in [-0.1, -0.05) is 11.8 Å². The van der Waals surface area contributed by atoms with Crippen LogP contribution in [0.15, 0.2) is 5.16 Å². The van der Waals surface area contributed by atoms with Gasteiger partial charge in [0.25, 0.3) is 0 Å². The molecule has 1 heterocycles. The summed E-state index contributed by atoms with van der Waals surface area (Å²) in [5.74, 6) is 1.84. The molecule has 1 amide bonds. The van der Waals surface area contributed by atoms with Crippen molar-refractivity contribution in [1.29, 1.82) is 0 Å². The van der Waals surface area contributed by atoms with Crippen LogP contribution in [0, 0.1) is 0 Å². The average molecular weight is 271 g/mol. The Morgan fingerprint density at radius 3 is 2.72 bits per heavy atom. The Hall–Kier alpha value is -1.08. The molecule has 0 aliphatic rings. The molecule has 1 aromatic rings. The number of hydrogen-bond acceptors (Lipinski definition) is 5. The molecule has 0 spiro atoms. The van der Waals surface area contributed by atoms with E-state index in [1.165, 1.54) is 0 Å². The normalized spacial score (nSPS) is 10.7. The van der Waals surface area contributed by atoms with Crippen LogP contribution >= 0.6 is 11.8 Å². The predicted molar refractivity (Wildman–Crippen MR) is 72.2 cm³/mol. The molecule has 0 aromatic carbocycles. The van der Waals surface area contributed by atoms with Crippen LogP contribution in [0.5, 0.6) is 0 Å². The van der Waals surface area contributed by atoms with Gasteiger partial charge in [-0.25, -0.2) is 0 Å². The first kappa shape index (κ1) is 15.0. The van der Waals surface area contributed by atoms with Gasteiger partial charge in [0.1, 0.15) is 5.82 Å². The van der Waals surface area contributed by atoms with Crippen LogP contribution in [0.3, 0.4) is 0 Å². The van der Waals surface area contributed by atoms with Gasteiger partial charge in [0, 0.05) is 32.8 Å². The van der Waals surface area contributed by atoms with E-state index in [9.17, 15) is 4.79 Å². The number of nitrogens with zero attached hydrogens (tertiary/aromatic N) is 4. The molecule has 0 unspecified atom stereocenters. The van der Waals surface area contributed by atoms with Crippen molar-refractivity contribution in [3.05, 3.63) is 5.82 Å². The molecule has 0 saturated carbocycles. The maximum atomic E-state index is 11.4. The van der Waals surface area contributed by atoms with E-state index in [1.807, 2.05) is 11.5 Å². The van der Waals surface area contributed by atoms with Crippen molar-refractivity contribution < 1.29 is 4.79 Å². The van der Waals surface area contributed by atoms with Crippen LogP contribution in [-0.2, 0) is 17.9 Å². The third-order valence-corrected chi connectivity index (χ3v) is 3.61. The molecule has 7 heteroatoms. The summed E-state index contributed by atoms with van der Waals surface area (Å²) in [6.07, 6.45) is 1.42. The summed E-state index contributed by atoms with van der Waals surface area (Å²) in [6.45, 7) is 3.27. The van der Waals surface area contributed by atoms with Crippen LogP contribution in [-0.4, -0.2) is 45.4 Å². The minimum absolute atomic E-state index is 0.162. The lowest BCUT2D eigenvalue weighted by Gasteiger charge is -2.09. The quantitative estimate of drug-likeness (QED) is 0.584. The van der Waals surface area contributed by atoms with Crippen LogP contribution in [0.25, 0.3) is 0 Å². The number of carbonyl (C=O) groups excluding carboxylic acids is 1. The van der Waals surface area contributed by atoms with Gasteiger partial charge in [0.15, 0.2) is 5.16 Å². The molecule has 2 N–H and O–H groups in total. The van der Waals surface area contributed by atoms with Gasteiger partial charge in [-0.15, -0.1) is 10.2 Å². The minimum Gasteiger partial charge on any atom is -0.349 e. The third-order valence-electron chi connectivity index (χ3n) is 2.56. The van der Waals surface area contributed by atoms with Crippen molar-refractivity contribution in [3.63, 3.8) is 0 Å². The summed E-state index contributed by atoms with van der Waals surface area (Å²) in [6, 6.07) is 0. The molecular formula is C11H21N5OS. The summed E-state index contributed by atoms with van der Waals surface area (Å²) in [7, 11) is 3.55. The van der Waals surface area contributed by atoms with Gasteiger partial charge >= 0.3 is 0 Å². The number of amides is 1. The Labute approximate surface area is 112 Å². The van der Waals surface area contributed by atoms with E-state index in [0.717, 1.165) is 29.7 Å². The Bertz CT molecular complexity index is 391. The molecule has 0 aliphatic carbocycles. The fraction of sp³-hybridized carbons (Fsp3) is 0.727. The molecular weight excluding hydrogens is 250 g/mol. The minimum atomic E-state index is 0.162. The lowest BCUT2D eigenvalue weighted by Crippen LogP contribution is -2.21. The fourth-order valence-electron chi connectivity index (χ4n) is 1.50. The largest absolute Gasteiger partial charge is 0.349 e. The van der Waals surface area contributed by atoms with Crippen LogP contribution in [0.2, 0.25) is 0 Å². The van der Waals surface area contributed by atoms with Crippen molar-refractivity contribution in [3.8, 4) is 0 Å². The second-order valence-corrected chi connectivity index (χ2v) is 5.15. The summed E-state index contributed by atoms with van der Waals surface area (Å²) >= 11 is 1.62. The van der Waals surface area contributed by atoms with Crippen LogP contribution < -0.4 is 5.73 Å². The van der Waals surface area contributed by atoms with Gasteiger partial charge in [-0.05, 0) is 13.3 Å². The van der Waals surface area contributed by atoms with Crippen molar-refractivity contribution in [1.82, 2.24) is 19.7 Å². The van der Waals surface area contributed by atoms with Gasteiger partial charge in [-0.3, -0.25) is 4.79 Å². The van der Waals surface area contributed by atoms with Gasteiger partial charge in [0.05, 0.1) is 6.54 Å². The van der Waals surface area contributed by atoms with E-state index in [1.54, 1.807) is 30.8 Å². The highest BCUT2D eigenvalue weighted by Gasteiger charge is 2.10. The molecule has 0 saturated heterocycles. The zero-order valence-electron chi connectivity index (χ0n) is 11.2. The summed E-state index contributed by atoms with van der Waals surface area (Å²) in [5.41, 5.74) is 5.58. The zero-order chi connectivity index (χ0) is 13.5. The molecule has 18 heavy (non-hydrogen) atoms. The smallest absolute Gasteiger partial charge is 0.222 e. The van der Waals surface area contributed by atoms with Crippen LogP contribution in [0.4, 0.5) is 0 Å². The zero-order valence-corrected chi connectivity index (χ0v) is 12.0. The summed E-state index contributed by atoms with van der Waals surface area (Å²) in [5, 5.41) is 9.03. The number of thioether (sulfide) groups is 1. The first-order valence-corrected chi connectivity index (χ1v) is 7.03. The summed E-state index contributed by atoms with van der Waals surface area (Å²) < 4.78 is 2.01. The third kappa shape index (κ3) is 3.99. The molecule has 0 bridgehead atoms. The SMILES string of the molecule is CCn1c(CN)nnc1SCCCC(=O)N(C)C. The second-order valence-electron chi connectivity index (χ2n) is 4.09. The Balaban J connectivity index is 2.40. The number of aromatic nitrogens is 3. The number of rotatable bonds is 7. The molecule has 6 nitrogen and oxygen atoms in total. The Morgan fingerprint density at radius 2 is 2.17 bits per heavy atom. The fourth-order valence-corrected chi connectivity index (χ4v) is 2.47. The van der Waals surface area contributed by atoms with Crippen LogP contribution in [0.1, 0.15) is 25.6 Å². The maximum absolute atomic E-state index is 11.4. The molecule has 0 atom stereocenters. The predicted octanol–water partition coefficient (Wildman–Crippen LogP) is 0.717. The molecule has 1 aromatic heterocycles. The van der Waals surface area contributed by atoms with Gasteiger partial charge in [0.2, 0.25) is 5.91 Å². The number of carbonyl (C=O) groups is 1. The first-order chi connectivity index (χ1) is 8.60. The Morgan fingerprint density at radius 1 is 1.44 bits per heavy atom. The topological polar surface area (TPSA) is 77.0 Å². The first-order valence-electron chi connectivity index (χ1n) is 6.05. The molecule has 0 fully saturated rings. The average Bonchev–Trinajstić information content (AvgIpc) is 2.76. The molecule has 0 aliphatic heterocycles. The highest BCUT2D eigenvalue weighted by Crippen LogP contribution is 2.18. The van der Waals surface area contributed by atoms with Crippen molar-refractivity contribution in [2.45, 2.75) is 38.0 Å². The number of hydrogen-bond donors (Lipinski definition) is 1. The number of nitrogens with two attached hydrogens (primary N) is 1. The van der Waals surface area contributed by atoms with Gasteiger partial charge in [-0.2, -0.15) is 0 Å². The van der Waals surface area contributed by atoms with E-state index in [4.69, 9.17) is 5.73 Å². The van der Waals surface area contributed by atoms with Crippen molar-refractivity contribution in [2.24, 2.45) is 5.73 Å². The van der Waals surface area contributed by atoms with E-state index in [0.29, 0.717) is 13.0 Å².